The molecule has 1 fully saturated rings. The first-order valence-electron chi connectivity index (χ1n) is 3.20. The summed E-state index contributed by atoms with van der Waals surface area (Å²) >= 11 is 0. The quantitative estimate of drug-likeness (QED) is 0.553. The molecular formula is C6H13ClFNO. The van der Waals surface area contributed by atoms with Gasteiger partial charge in [-0.15, -0.1) is 12.4 Å². The third-order valence-electron chi connectivity index (χ3n) is 1.73. The van der Waals surface area contributed by atoms with Crippen LogP contribution in [0.1, 0.15) is 13.3 Å². The highest BCUT2D eigenvalue weighted by Gasteiger charge is 2.34. The van der Waals surface area contributed by atoms with Crippen LogP contribution in [0.5, 0.6) is 0 Å². The number of alkyl halides is 1. The van der Waals surface area contributed by atoms with Gasteiger partial charge in [-0.3, -0.25) is 0 Å². The summed E-state index contributed by atoms with van der Waals surface area (Å²) in [6.07, 6.45) is -0.633. The minimum Gasteiger partial charge on any atom is -0.386 e. The third kappa shape index (κ3) is 2.08. The van der Waals surface area contributed by atoms with Crippen molar-refractivity contribution in [2.75, 3.05) is 13.1 Å². The molecule has 0 aromatic carbocycles. The number of halogens is 2. The van der Waals surface area contributed by atoms with Crippen molar-refractivity contribution in [1.82, 2.24) is 5.32 Å². The lowest BCUT2D eigenvalue weighted by atomic mass is 9.95. The van der Waals surface area contributed by atoms with E-state index >= 15 is 0 Å². The number of rotatable bonds is 0. The van der Waals surface area contributed by atoms with Gasteiger partial charge in [0.2, 0.25) is 0 Å². The normalized spacial score (nSPS) is 40.5. The summed E-state index contributed by atoms with van der Waals surface area (Å²) in [5, 5.41) is 12.1. The first-order chi connectivity index (χ1) is 4.13. The monoisotopic (exact) mass is 169 g/mol. The Bertz CT molecular complexity index is 110. The molecule has 2 nitrogen and oxygen atoms in total. The van der Waals surface area contributed by atoms with Gasteiger partial charge in [-0.05, 0) is 19.9 Å². The van der Waals surface area contributed by atoms with Gasteiger partial charge in [-0.25, -0.2) is 4.39 Å². The summed E-state index contributed by atoms with van der Waals surface area (Å²) in [4.78, 5) is 0. The molecule has 1 aliphatic rings. The Kier molecular flexibility index (Phi) is 3.56. The highest BCUT2D eigenvalue weighted by Crippen LogP contribution is 2.18. The first kappa shape index (κ1) is 10.1. The Morgan fingerprint density at radius 1 is 1.70 bits per heavy atom. The Morgan fingerprint density at radius 3 is 2.60 bits per heavy atom. The highest BCUT2D eigenvalue weighted by molar-refractivity contribution is 5.85. The fourth-order valence-electron chi connectivity index (χ4n) is 0.992. The zero-order valence-corrected chi connectivity index (χ0v) is 6.75. The molecule has 0 amide bonds. The first-order valence-corrected chi connectivity index (χ1v) is 3.20. The van der Waals surface area contributed by atoms with E-state index in [0.717, 1.165) is 0 Å². The number of piperidine rings is 1. The van der Waals surface area contributed by atoms with Crippen LogP contribution in [-0.2, 0) is 0 Å². The van der Waals surface area contributed by atoms with E-state index in [1.54, 1.807) is 0 Å². The number of nitrogens with one attached hydrogen (secondary N) is 1. The van der Waals surface area contributed by atoms with Crippen LogP contribution in [0.25, 0.3) is 0 Å². The van der Waals surface area contributed by atoms with Crippen LogP contribution in [0.2, 0.25) is 0 Å². The SMILES string of the molecule is C[C@]1(O)CNCC[C@@H]1F.Cl. The zero-order valence-electron chi connectivity index (χ0n) is 5.93. The summed E-state index contributed by atoms with van der Waals surface area (Å²) in [7, 11) is 0. The fraction of sp³-hybridized carbons (Fsp3) is 1.00. The second kappa shape index (κ2) is 3.51. The van der Waals surface area contributed by atoms with Gasteiger partial charge >= 0.3 is 0 Å². The molecule has 0 saturated carbocycles. The predicted molar refractivity (Wildman–Crippen MR) is 40.3 cm³/mol. The second-order valence-corrected chi connectivity index (χ2v) is 2.79. The van der Waals surface area contributed by atoms with Crippen molar-refractivity contribution in [2.24, 2.45) is 0 Å². The minimum atomic E-state index is -1.14. The van der Waals surface area contributed by atoms with Crippen molar-refractivity contribution in [3.63, 3.8) is 0 Å². The maximum Gasteiger partial charge on any atom is 0.131 e. The van der Waals surface area contributed by atoms with Crippen LogP contribution in [-0.4, -0.2) is 30.0 Å². The maximum atomic E-state index is 12.7. The summed E-state index contributed by atoms with van der Waals surface area (Å²) in [6, 6.07) is 0. The van der Waals surface area contributed by atoms with E-state index < -0.39 is 11.8 Å². The largest absolute Gasteiger partial charge is 0.386 e. The van der Waals surface area contributed by atoms with Gasteiger partial charge in [0.1, 0.15) is 11.8 Å². The minimum absolute atomic E-state index is 0. The molecule has 2 N–H and O–H groups in total. The fourth-order valence-corrected chi connectivity index (χ4v) is 0.992. The van der Waals surface area contributed by atoms with E-state index in [0.29, 0.717) is 19.5 Å². The Morgan fingerprint density at radius 2 is 2.30 bits per heavy atom. The van der Waals surface area contributed by atoms with Gasteiger partial charge in [-0.2, -0.15) is 0 Å². The molecule has 1 saturated heterocycles. The van der Waals surface area contributed by atoms with E-state index in [1.165, 1.54) is 6.92 Å². The molecular weight excluding hydrogens is 157 g/mol. The van der Waals surface area contributed by atoms with Crippen LogP contribution in [0, 0.1) is 0 Å². The zero-order chi connectivity index (χ0) is 6.91. The molecule has 0 aromatic rings. The van der Waals surface area contributed by atoms with Crippen LogP contribution < -0.4 is 5.32 Å². The van der Waals surface area contributed by atoms with E-state index in [2.05, 4.69) is 5.32 Å². The maximum absolute atomic E-state index is 12.7. The van der Waals surface area contributed by atoms with E-state index in [-0.39, 0.29) is 12.4 Å². The van der Waals surface area contributed by atoms with Crippen LogP contribution in [0.3, 0.4) is 0 Å². The summed E-state index contributed by atoms with van der Waals surface area (Å²) in [5.74, 6) is 0. The molecule has 0 radical (unpaired) electrons. The third-order valence-corrected chi connectivity index (χ3v) is 1.73. The van der Waals surface area contributed by atoms with Crippen LogP contribution in [0.4, 0.5) is 4.39 Å². The van der Waals surface area contributed by atoms with Gasteiger partial charge < -0.3 is 10.4 Å². The average molecular weight is 170 g/mol. The second-order valence-electron chi connectivity index (χ2n) is 2.79. The molecule has 0 aromatic heterocycles. The van der Waals surface area contributed by atoms with Crippen molar-refractivity contribution < 1.29 is 9.50 Å². The molecule has 4 heteroatoms. The van der Waals surface area contributed by atoms with Gasteiger partial charge in [0.25, 0.3) is 0 Å². The standard InChI is InChI=1S/C6H12FNO.ClH/c1-6(9)4-8-3-2-5(6)7;/h5,8-9H,2-4H2,1H3;1H/t5-,6-;/m0./s1. The molecule has 10 heavy (non-hydrogen) atoms. The molecule has 62 valence electrons. The molecule has 1 aliphatic heterocycles. The lowest BCUT2D eigenvalue weighted by Crippen LogP contribution is -2.51. The topological polar surface area (TPSA) is 32.3 Å². The van der Waals surface area contributed by atoms with Crippen molar-refractivity contribution in [2.45, 2.75) is 25.1 Å². The molecule has 2 atom stereocenters. The van der Waals surface area contributed by atoms with E-state index in [4.69, 9.17) is 0 Å². The van der Waals surface area contributed by atoms with Gasteiger partial charge in [0, 0.05) is 6.54 Å². The van der Waals surface area contributed by atoms with Gasteiger partial charge in [-0.1, -0.05) is 0 Å². The molecule has 1 heterocycles. The molecule has 0 aliphatic carbocycles. The van der Waals surface area contributed by atoms with Gasteiger partial charge in [0.05, 0.1) is 0 Å². The predicted octanol–water partition coefficient (Wildman–Crippen LogP) is 0.491. The van der Waals surface area contributed by atoms with Crippen molar-refractivity contribution in [3.8, 4) is 0 Å². The van der Waals surface area contributed by atoms with E-state index in [1.807, 2.05) is 0 Å². The van der Waals surface area contributed by atoms with Crippen molar-refractivity contribution in [3.05, 3.63) is 0 Å². The molecule has 0 bridgehead atoms. The average Bonchev–Trinajstić information content (AvgIpc) is 1.77. The van der Waals surface area contributed by atoms with E-state index in [9.17, 15) is 9.50 Å². The number of hydrogen-bond donors (Lipinski definition) is 2. The number of hydrogen-bond acceptors (Lipinski definition) is 2. The van der Waals surface area contributed by atoms with Crippen molar-refractivity contribution in [1.29, 1.82) is 0 Å². The Hall–Kier alpha value is 0.140. The summed E-state index contributed by atoms with van der Waals surface area (Å²) in [6.45, 7) is 2.56. The Labute approximate surface area is 66.2 Å². The lowest BCUT2D eigenvalue weighted by Gasteiger charge is -2.32. The van der Waals surface area contributed by atoms with Gasteiger partial charge in [0.15, 0.2) is 0 Å². The highest BCUT2D eigenvalue weighted by atomic mass is 35.5. The number of β-amino-alcohol motifs (C(OH)–C–C–N with tert-alkyl or cyclic N) is 1. The summed E-state index contributed by atoms with van der Waals surface area (Å²) < 4.78 is 12.7. The lowest BCUT2D eigenvalue weighted by molar-refractivity contribution is -0.0360. The van der Waals surface area contributed by atoms with Crippen LogP contribution >= 0.6 is 12.4 Å². The Balaban J connectivity index is 0.000000810. The summed E-state index contributed by atoms with van der Waals surface area (Å²) in [5.41, 5.74) is -1.14. The molecule has 1 rings (SSSR count). The molecule has 0 unspecified atom stereocenters. The van der Waals surface area contributed by atoms with Crippen molar-refractivity contribution >= 4 is 12.4 Å². The molecule has 0 spiro atoms. The smallest absolute Gasteiger partial charge is 0.131 e. The number of aliphatic hydroxyl groups is 1. The van der Waals surface area contributed by atoms with Crippen LogP contribution in [0.15, 0.2) is 0 Å².